The number of nitrogens with one attached hydrogen (secondary N) is 2. The molecule has 2 aliphatic rings. The van der Waals surface area contributed by atoms with E-state index in [2.05, 4.69) is 99.1 Å². The predicted molar refractivity (Wildman–Crippen MR) is 258 cm³/mol. The fourth-order valence-electron chi connectivity index (χ4n) is 5.74. The molecule has 2 saturated heterocycles. The van der Waals surface area contributed by atoms with Crippen LogP contribution in [0.1, 0.15) is 69.8 Å². The van der Waals surface area contributed by atoms with Crippen LogP contribution in [0.25, 0.3) is 0 Å². The van der Waals surface area contributed by atoms with E-state index in [1.807, 2.05) is 30.3 Å². The van der Waals surface area contributed by atoms with E-state index in [1.165, 1.54) is 45.2 Å². The van der Waals surface area contributed by atoms with Crippen LogP contribution in [-0.4, -0.2) is 80.7 Å². The van der Waals surface area contributed by atoms with Crippen molar-refractivity contribution >= 4 is 82.6 Å². The Hall–Kier alpha value is -5.64. The number of pyridine rings is 6. The maximum atomic E-state index is 12.6. The van der Waals surface area contributed by atoms with Crippen molar-refractivity contribution in [3.8, 4) is 12.3 Å². The van der Waals surface area contributed by atoms with E-state index in [-0.39, 0.29) is 23.2 Å². The molecule has 8 rings (SSSR count). The van der Waals surface area contributed by atoms with Gasteiger partial charge in [-0.15, -0.1) is 6.42 Å². The van der Waals surface area contributed by atoms with Crippen molar-refractivity contribution in [2.24, 2.45) is 0 Å². The number of ketones is 2. The highest BCUT2D eigenvalue weighted by atomic mass is 79.9. The minimum absolute atomic E-state index is 0.178. The Kier molecular flexibility index (Phi) is 21.6. The molecule has 0 aromatic carbocycles. The normalized spacial score (nSPS) is 13.2. The lowest BCUT2D eigenvalue weighted by Gasteiger charge is -2.21. The topological polar surface area (TPSA) is 217 Å². The lowest BCUT2D eigenvalue weighted by atomic mass is 10.1. The molecule has 0 spiro atoms. The third kappa shape index (κ3) is 17.0. The molecule has 0 atom stereocenters. The van der Waals surface area contributed by atoms with Gasteiger partial charge in [0.25, 0.3) is 0 Å². The molecule has 0 amide bonds. The molecule has 8 heterocycles. The summed E-state index contributed by atoms with van der Waals surface area (Å²) in [4.78, 5) is 51.1. The zero-order valence-electron chi connectivity index (χ0n) is 34.1. The molecule has 322 valence electrons. The maximum Gasteiger partial charge on any atom is 0.215 e. The van der Waals surface area contributed by atoms with Crippen LogP contribution < -0.4 is 32.7 Å². The van der Waals surface area contributed by atoms with E-state index < -0.39 is 0 Å². The summed E-state index contributed by atoms with van der Waals surface area (Å²) in [7, 11) is 0. The van der Waals surface area contributed by atoms with Gasteiger partial charge in [0.2, 0.25) is 11.6 Å². The van der Waals surface area contributed by atoms with Crippen LogP contribution in [0.15, 0.2) is 123 Å². The van der Waals surface area contributed by atoms with Gasteiger partial charge in [0.05, 0.1) is 16.7 Å². The molecule has 2 fully saturated rings. The molecule has 62 heavy (non-hydrogen) atoms. The number of hydrogen-bond donors (Lipinski definition) is 5. The first-order valence-corrected chi connectivity index (χ1v) is 22.2. The average molecular weight is 1030 g/mol. The number of carbonyl (C=O) groups excluding carboxylic acids is 2. The van der Waals surface area contributed by atoms with Gasteiger partial charge in [-0.1, -0.05) is 37.0 Å². The van der Waals surface area contributed by atoms with E-state index in [1.54, 1.807) is 79.3 Å². The lowest BCUT2D eigenvalue weighted by molar-refractivity contribution is 0.102. The van der Waals surface area contributed by atoms with Crippen molar-refractivity contribution in [3.63, 3.8) is 0 Å². The van der Waals surface area contributed by atoms with Crippen molar-refractivity contribution < 1.29 is 9.59 Å². The third-order valence-electron chi connectivity index (χ3n) is 8.87. The number of carbonyl (C=O) groups is 2. The second-order valence-corrected chi connectivity index (χ2v) is 15.8. The Balaban J connectivity index is 0.000000184. The first-order chi connectivity index (χ1) is 30.1. The number of hydrogen-bond acceptors (Lipinski definition) is 14. The minimum atomic E-state index is -0.230. The van der Waals surface area contributed by atoms with E-state index in [9.17, 15) is 9.59 Å². The minimum Gasteiger partial charge on any atom is -0.383 e. The first-order valence-electron chi connectivity index (χ1n) is 19.8. The van der Waals surface area contributed by atoms with Crippen molar-refractivity contribution in [3.05, 3.63) is 151 Å². The second kappa shape index (κ2) is 27.3. The molecule has 8 N–H and O–H groups in total. The maximum absolute atomic E-state index is 12.6. The zero-order chi connectivity index (χ0) is 44.5. The van der Waals surface area contributed by atoms with Crippen LogP contribution in [0.4, 0.5) is 23.3 Å². The third-order valence-corrected chi connectivity index (χ3v) is 10.2. The summed E-state index contributed by atoms with van der Waals surface area (Å²) < 4.78 is 2.32. The first kappa shape index (κ1) is 49.0. The Morgan fingerprint density at radius 3 is 1.47 bits per heavy atom. The summed E-state index contributed by atoms with van der Waals surface area (Å²) in [5.41, 5.74) is 19.0. The highest BCUT2D eigenvalue weighted by molar-refractivity contribution is 9.11. The van der Waals surface area contributed by atoms with Gasteiger partial charge in [0.1, 0.15) is 48.5 Å². The smallest absolute Gasteiger partial charge is 0.215 e. The van der Waals surface area contributed by atoms with Crippen LogP contribution in [0, 0.1) is 12.3 Å². The molecule has 0 saturated carbocycles. The largest absolute Gasteiger partial charge is 0.383 e. The van der Waals surface area contributed by atoms with Crippen LogP contribution in [-0.2, 0) is 0 Å². The van der Waals surface area contributed by atoms with E-state index in [0.29, 0.717) is 38.5 Å². The number of nitrogens with two attached hydrogens (primary N) is 3. The lowest BCUT2D eigenvalue weighted by Crippen LogP contribution is -2.25. The quantitative estimate of drug-likeness (QED) is 0.0641. The van der Waals surface area contributed by atoms with E-state index in [0.717, 1.165) is 41.2 Å². The van der Waals surface area contributed by atoms with Crippen LogP contribution >= 0.6 is 47.8 Å². The van der Waals surface area contributed by atoms with Crippen LogP contribution in [0.3, 0.4) is 0 Å². The highest BCUT2D eigenvalue weighted by Crippen LogP contribution is 2.20. The van der Waals surface area contributed by atoms with E-state index in [4.69, 9.17) is 23.6 Å². The molecule has 6 aromatic rings. The Morgan fingerprint density at radius 1 is 0.548 bits per heavy atom. The van der Waals surface area contributed by atoms with Gasteiger partial charge >= 0.3 is 0 Å². The Bertz CT molecular complexity index is 2340. The van der Waals surface area contributed by atoms with Gasteiger partial charge in [0, 0.05) is 44.8 Å². The number of aromatic nitrogens is 6. The Labute approximate surface area is 387 Å². The molecule has 2 aliphatic heterocycles. The highest BCUT2D eigenvalue weighted by Gasteiger charge is 2.17. The molecule has 17 heteroatoms. The molecule has 0 bridgehead atoms. The number of halogens is 3. The van der Waals surface area contributed by atoms with Crippen LogP contribution in [0.2, 0.25) is 0 Å². The number of nitrogens with zero attached hydrogens (tertiary/aromatic N) is 7. The summed E-state index contributed by atoms with van der Waals surface area (Å²) in [5.74, 6) is 3.75. The van der Waals surface area contributed by atoms with Gasteiger partial charge in [-0.2, -0.15) is 0 Å². The fourth-order valence-corrected chi connectivity index (χ4v) is 7.01. The standard InChI is InChI=1S/C17H20N4O.C11H8BrN3O.C7H6N2.C5H3Br2N.C5H12N2/c18-17-13(7-6-10-19-17)16(22)14-8-5-9-15(20-14)21-11-3-1-2-4-12-21;12-9-5-1-4-8(15-9)10(16)7-3-2-6-14-11(7)13;1-2-6-4-3-5-9-7(6)8;6-4-2-1-3-5(7)8-4;1-2-6-4-5-7-3-1/h5-10H,1-4,11-12H2,(H2,18,19);1-6H,(H2,13,14);1,3-5H,(H2,8,9);1-3H;6-7H,1-5H2. The summed E-state index contributed by atoms with van der Waals surface area (Å²) in [5, 5.41) is 6.57. The molecular formula is C45H49Br3N12O2. The van der Waals surface area contributed by atoms with Gasteiger partial charge in [0.15, 0.2) is 0 Å². The van der Waals surface area contributed by atoms with Gasteiger partial charge in [-0.05, 0) is 153 Å². The summed E-state index contributed by atoms with van der Waals surface area (Å²) in [6.07, 6.45) is 16.0. The molecule has 0 aliphatic carbocycles. The SMILES string of the molecule is Brc1cccc(Br)n1.C#Cc1cccnc1N.C1CNCCNC1.Nc1ncccc1C(=O)c1cccc(Br)n1.Nc1ncccc1C(=O)c1cccc(N2CCCCCC2)n1. The molecule has 6 aromatic heterocycles. The van der Waals surface area contributed by atoms with Crippen molar-refractivity contribution in [1.29, 1.82) is 0 Å². The predicted octanol–water partition coefficient (Wildman–Crippen LogP) is 7.54. The Morgan fingerprint density at radius 2 is 1.02 bits per heavy atom. The number of terminal acetylenes is 1. The summed E-state index contributed by atoms with van der Waals surface area (Å²) >= 11 is 9.65. The van der Waals surface area contributed by atoms with Crippen molar-refractivity contribution in [2.75, 3.05) is 61.4 Å². The number of nitrogen functional groups attached to an aromatic ring is 3. The molecule has 0 radical (unpaired) electrons. The average Bonchev–Trinajstić information content (AvgIpc) is 3.77. The summed E-state index contributed by atoms with van der Waals surface area (Å²) in [6, 6.07) is 26.6. The fraction of sp³-hybridized carbons (Fsp3) is 0.244. The van der Waals surface area contributed by atoms with Gasteiger partial charge in [-0.3, -0.25) is 9.59 Å². The number of rotatable bonds is 5. The zero-order valence-corrected chi connectivity index (χ0v) is 38.8. The molecular weight excluding hydrogens is 980 g/mol. The van der Waals surface area contributed by atoms with E-state index >= 15 is 0 Å². The van der Waals surface area contributed by atoms with Crippen molar-refractivity contribution in [2.45, 2.75) is 32.1 Å². The van der Waals surface area contributed by atoms with Crippen LogP contribution in [0.5, 0.6) is 0 Å². The molecule has 14 nitrogen and oxygen atoms in total. The summed E-state index contributed by atoms with van der Waals surface area (Å²) in [6.45, 7) is 6.65. The monoisotopic (exact) mass is 1030 g/mol. The van der Waals surface area contributed by atoms with Gasteiger partial charge < -0.3 is 32.7 Å². The van der Waals surface area contributed by atoms with Gasteiger partial charge in [-0.25, -0.2) is 29.9 Å². The number of anilines is 4. The van der Waals surface area contributed by atoms with Crippen molar-refractivity contribution in [1.82, 2.24) is 40.5 Å². The second-order valence-electron chi connectivity index (χ2n) is 13.4. The molecule has 0 unspecified atom stereocenters.